The fourth-order valence-electron chi connectivity index (χ4n) is 1.59. The number of aromatic nitrogens is 2. The third-order valence-corrected chi connectivity index (χ3v) is 4.22. The number of hydrogen-bond acceptors (Lipinski definition) is 7. The van der Waals surface area contributed by atoms with E-state index in [1.165, 1.54) is 11.8 Å². The predicted octanol–water partition coefficient (Wildman–Crippen LogP) is 1.66. The Balaban J connectivity index is 1.65. The summed E-state index contributed by atoms with van der Waals surface area (Å²) in [5, 5.41) is 22.9. The molecule has 2 aromatic rings. The Hall–Kier alpha value is -1.87. The molecule has 0 bridgehead atoms. The number of carbonyl (C=O) groups is 2. The lowest BCUT2D eigenvalue weighted by molar-refractivity contribution is -0.133. The Kier molecular flexibility index (Phi) is 6.41. The van der Waals surface area contributed by atoms with Crippen LogP contribution in [-0.4, -0.2) is 45.2 Å². The van der Waals surface area contributed by atoms with E-state index in [9.17, 15) is 9.59 Å². The minimum absolute atomic E-state index is 0.0449. The van der Waals surface area contributed by atoms with Crippen molar-refractivity contribution in [3.63, 3.8) is 0 Å². The highest BCUT2D eigenvalue weighted by molar-refractivity contribution is 7.99. The van der Waals surface area contributed by atoms with E-state index in [-0.39, 0.29) is 18.1 Å². The summed E-state index contributed by atoms with van der Waals surface area (Å²) in [6, 6.07) is 1.89. The molecule has 118 valence electrons. The Morgan fingerprint density at radius 1 is 1.41 bits per heavy atom. The summed E-state index contributed by atoms with van der Waals surface area (Å²) in [6.45, 7) is 0.445. The number of aryl methyl sites for hydroxylation is 1. The number of thioether (sulfide) groups is 1. The van der Waals surface area contributed by atoms with E-state index in [0.29, 0.717) is 30.5 Å². The first kappa shape index (κ1) is 16.5. The highest BCUT2D eigenvalue weighted by atomic mass is 32.2. The van der Waals surface area contributed by atoms with Gasteiger partial charge in [0.05, 0.1) is 5.75 Å². The molecule has 2 heterocycles. The smallest absolute Gasteiger partial charge is 0.313 e. The van der Waals surface area contributed by atoms with Crippen LogP contribution in [0.3, 0.4) is 0 Å². The van der Waals surface area contributed by atoms with E-state index in [4.69, 9.17) is 9.52 Å². The second-order valence-electron chi connectivity index (χ2n) is 4.31. The number of amides is 1. The Labute approximate surface area is 135 Å². The van der Waals surface area contributed by atoms with Crippen LogP contribution in [0.15, 0.2) is 21.2 Å². The Bertz CT molecular complexity index is 613. The van der Waals surface area contributed by atoms with Gasteiger partial charge in [-0.2, -0.15) is 11.3 Å². The largest absolute Gasteiger partial charge is 0.481 e. The highest BCUT2D eigenvalue weighted by Gasteiger charge is 2.10. The number of nitrogens with one attached hydrogen (secondary N) is 1. The fraction of sp³-hybridized carbons (Fsp3) is 0.385. The van der Waals surface area contributed by atoms with Gasteiger partial charge in [0.2, 0.25) is 17.7 Å². The first-order valence-electron chi connectivity index (χ1n) is 6.56. The van der Waals surface area contributed by atoms with Crippen LogP contribution in [0.25, 0.3) is 11.5 Å². The molecular formula is C13H15N3O4S2. The minimum Gasteiger partial charge on any atom is -0.481 e. The van der Waals surface area contributed by atoms with Gasteiger partial charge in [-0.3, -0.25) is 9.59 Å². The summed E-state index contributed by atoms with van der Waals surface area (Å²) < 4.78 is 5.48. The molecule has 0 aliphatic carbocycles. The molecule has 0 aliphatic rings. The van der Waals surface area contributed by atoms with Crippen molar-refractivity contribution in [1.82, 2.24) is 15.5 Å². The number of rotatable bonds is 9. The van der Waals surface area contributed by atoms with Crippen molar-refractivity contribution in [2.24, 2.45) is 0 Å². The van der Waals surface area contributed by atoms with Gasteiger partial charge < -0.3 is 14.8 Å². The first-order chi connectivity index (χ1) is 10.6. The fourth-order valence-corrected chi connectivity index (χ4v) is 2.78. The van der Waals surface area contributed by atoms with Crippen LogP contribution >= 0.6 is 23.1 Å². The Morgan fingerprint density at radius 3 is 3.00 bits per heavy atom. The van der Waals surface area contributed by atoms with Crippen LogP contribution < -0.4 is 5.32 Å². The SMILES string of the molecule is O=C(O)CSCCNC(=O)CCc1nnc(-c2ccsc2)o1. The zero-order valence-corrected chi connectivity index (χ0v) is 13.3. The van der Waals surface area contributed by atoms with E-state index < -0.39 is 5.97 Å². The molecule has 0 saturated heterocycles. The maximum Gasteiger partial charge on any atom is 0.313 e. The van der Waals surface area contributed by atoms with Crippen molar-refractivity contribution in [2.45, 2.75) is 12.8 Å². The molecule has 2 aromatic heterocycles. The average molecular weight is 341 g/mol. The number of aliphatic carboxylic acids is 1. The zero-order valence-electron chi connectivity index (χ0n) is 11.7. The molecule has 1 amide bonds. The van der Waals surface area contributed by atoms with Crippen LogP contribution in [-0.2, 0) is 16.0 Å². The molecule has 0 unspecified atom stereocenters. The van der Waals surface area contributed by atoms with E-state index in [1.807, 2.05) is 16.8 Å². The van der Waals surface area contributed by atoms with E-state index >= 15 is 0 Å². The quantitative estimate of drug-likeness (QED) is 0.668. The van der Waals surface area contributed by atoms with Crippen molar-refractivity contribution >= 4 is 35.0 Å². The molecule has 22 heavy (non-hydrogen) atoms. The maximum atomic E-state index is 11.6. The van der Waals surface area contributed by atoms with Gasteiger partial charge in [-0.15, -0.1) is 22.0 Å². The van der Waals surface area contributed by atoms with Gasteiger partial charge in [0.15, 0.2) is 0 Å². The second kappa shape index (κ2) is 8.54. The van der Waals surface area contributed by atoms with Gasteiger partial charge in [-0.25, -0.2) is 0 Å². The van der Waals surface area contributed by atoms with Gasteiger partial charge in [-0.05, 0) is 11.4 Å². The van der Waals surface area contributed by atoms with Gasteiger partial charge in [-0.1, -0.05) is 0 Å². The summed E-state index contributed by atoms with van der Waals surface area (Å²) >= 11 is 2.81. The first-order valence-corrected chi connectivity index (χ1v) is 8.66. The van der Waals surface area contributed by atoms with Crippen molar-refractivity contribution in [3.05, 3.63) is 22.7 Å². The molecular weight excluding hydrogens is 326 g/mol. The van der Waals surface area contributed by atoms with Crippen molar-refractivity contribution in [3.8, 4) is 11.5 Å². The standard InChI is InChI=1S/C13H15N3O4S2/c17-10(14-4-6-22-8-12(18)19)1-2-11-15-16-13(20-11)9-3-5-21-7-9/h3,5,7H,1-2,4,6,8H2,(H,14,17)(H,18,19). The van der Waals surface area contributed by atoms with Crippen LogP contribution in [0, 0.1) is 0 Å². The topological polar surface area (TPSA) is 105 Å². The normalized spacial score (nSPS) is 10.5. The molecule has 0 fully saturated rings. The van der Waals surface area contributed by atoms with Crippen LogP contribution in [0.2, 0.25) is 0 Å². The number of nitrogens with zero attached hydrogens (tertiary/aromatic N) is 2. The lowest BCUT2D eigenvalue weighted by Gasteiger charge is -2.03. The summed E-state index contributed by atoms with van der Waals surface area (Å²) in [5.74, 6) is 0.531. The molecule has 9 heteroatoms. The lowest BCUT2D eigenvalue weighted by atomic mass is 10.3. The molecule has 2 N–H and O–H groups in total. The maximum absolute atomic E-state index is 11.6. The van der Waals surface area contributed by atoms with Gasteiger partial charge in [0, 0.05) is 36.1 Å². The third kappa shape index (κ3) is 5.49. The number of carboxylic acid groups (broad SMARTS) is 1. The second-order valence-corrected chi connectivity index (χ2v) is 6.19. The monoisotopic (exact) mass is 341 g/mol. The third-order valence-electron chi connectivity index (χ3n) is 2.60. The van der Waals surface area contributed by atoms with E-state index in [0.717, 1.165) is 5.56 Å². The van der Waals surface area contributed by atoms with Crippen molar-refractivity contribution in [1.29, 1.82) is 0 Å². The lowest BCUT2D eigenvalue weighted by Crippen LogP contribution is -2.26. The Morgan fingerprint density at radius 2 is 2.27 bits per heavy atom. The van der Waals surface area contributed by atoms with Crippen molar-refractivity contribution < 1.29 is 19.1 Å². The highest BCUT2D eigenvalue weighted by Crippen LogP contribution is 2.20. The van der Waals surface area contributed by atoms with Crippen LogP contribution in [0.1, 0.15) is 12.3 Å². The summed E-state index contributed by atoms with van der Waals surface area (Å²) in [6.07, 6.45) is 0.639. The summed E-state index contributed by atoms with van der Waals surface area (Å²) in [5.41, 5.74) is 0.878. The van der Waals surface area contributed by atoms with Crippen LogP contribution in [0.4, 0.5) is 0 Å². The molecule has 0 aromatic carbocycles. The molecule has 2 rings (SSSR count). The minimum atomic E-state index is -0.853. The van der Waals surface area contributed by atoms with E-state index in [1.54, 1.807) is 11.3 Å². The number of carboxylic acids is 1. The summed E-state index contributed by atoms with van der Waals surface area (Å²) in [7, 11) is 0. The zero-order chi connectivity index (χ0) is 15.8. The molecule has 0 atom stereocenters. The summed E-state index contributed by atoms with van der Waals surface area (Å²) in [4.78, 5) is 21.9. The van der Waals surface area contributed by atoms with Crippen molar-refractivity contribution in [2.75, 3.05) is 18.1 Å². The molecule has 0 saturated carbocycles. The average Bonchev–Trinajstić information content (AvgIpc) is 3.15. The van der Waals surface area contributed by atoms with Gasteiger partial charge in [0.25, 0.3) is 0 Å². The van der Waals surface area contributed by atoms with Gasteiger partial charge in [0.1, 0.15) is 0 Å². The molecule has 0 aliphatic heterocycles. The van der Waals surface area contributed by atoms with E-state index in [2.05, 4.69) is 15.5 Å². The van der Waals surface area contributed by atoms with Crippen LogP contribution in [0.5, 0.6) is 0 Å². The number of carbonyl (C=O) groups excluding carboxylic acids is 1. The molecule has 0 radical (unpaired) electrons. The number of thiophene rings is 1. The number of hydrogen-bond donors (Lipinski definition) is 2. The predicted molar refractivity (Wildman–Crippen MR) is 83.9 cm³/mol. The molecule has 7 nitrogen and oxygen atoms in total. The molecule has 0 spiro atoms. The van der Waals surface area contributed by atoms with Gasteiger partial charge >= 0.3 is 5.97 Å².